The van der Waals surface area contributed by atoms with Gasteiger partial charge in [-0.05, 0) is 39.7 Å². The Labute approximate surface area is 147 Å². The van der Waals surface area contributed by atoms with Crippen LogP contribution in [0.25, 0.3) is 6.08 Å². The minimum absolute atomic E-state index is 0.329. The molecule has 1 N–H and O–H groups in total. The minimum Gasteiger partial charge on any atom is -0.481 e. The SMILES string of the molecule is CCCC[C@@H](C(=O)O)C(C/C=C/c1nccs1)C(=O)OC(C)(C)C. The van der Waals surface area contributed by atoms with E-state index in [-0.39, 0.29) is 0 Å². The minimum atomic E-state index is -0.943. The second-order valence-electron chi connectivity index (χ2n) is 6.74. The van der Waals surface area contributed by atoms with Crippen molar-refractivity contribution in [2.24, 2.45) is 11.8 Å². The molecule has 1 rings (SSSR count). The number of carboxylic acids is 1. The fraction of sp³-hybridized carbons (Fsp3) is 0.611. The number of hydrogen-bond donors (Lipinski definition) is 1. The first kappa shape index (κ1) is 20.4. The van der Waals surface area contributed by atoms with Crippen molar-refractivity contribution in [3.8, 4) is 0 Å². The lowest BCUT2D eigenvalue weighted by atomic mass is 9.85. The van der Waals surface area contributed by atoms with Crippen molar-refractivity contribution in [1.82, 2.24) is 4.98 Å². The average Bonchev–Trinajstić information content (AvgIpc) is 2.96. The van der Waals surface area contributed by atoms with Crippen LogP contribution >= 0.6 is 11.3 Å². The van der Waals surface area contributed by atoms with E-state index in [4.69, 9.17) is 4.74 Å². The van der Waals surface area contributed by atoms with E-state index in [2.05, 4.69) is 4.98 Å². The lowest BCUT2D eigenvalue weighted by molar-refractivity contribution is -0.166. The molecular weight excluding hydrogens is 326 g/mol. The Morgan fingerprint density at radius 2 is 2.08 bits per heavy atom. The fourth-order valence-electron chi connectivity index (χ4n) is 2.36. The Balaban J connectivity index is 2.91. The van der Waals surface area contributed by atoms with Crippen LogP contribution in [-0.4, -0.2) is 27.6 Å². The second-order valence-corrected chi connectivity index (χ2v) is 7.66. The van der Waals surface area contributed by atoms with Crippen LogP contribution in [0, 0.1) is 11.8 Å². The van der Waals surface area contributed by atoms with E-state index in [1.54, 1.807) is 27.0 Å². The van der Waals surface area contributed by atoms with Crippen molar-refractivity contribution in [3.05, 3.63) is 22.7 Å². The predicted molar refractivity (Wildman–Crippen MR) is 95.8 cm³/mol. The van der Waals surface area contributed by atoms with Gasteiger partial charge in [-0.1, -0.05) is 25.8 Å². The molecule has 1 aromatic heterocycles. The summed E-state index contributed by atoms with van der Waals surface area (Å²) >= 11 is 1.49. The molecule has 1 unspecified atom stereocenters. The number of nitrogens with zero attached hydrogens (tertiary/aromatic N) is 1. The van der Waals surface area contributed by atoms with Gasteiger partial charge in [0.1, 0.15) is 10.6 Å². The number of carbonyl (C=O) groups excluding carboxylic acids is 1. The summed E-state index contributed by atoms with van der Waals surface area (Å²) in [7, 11) is 0. The van der Waals surface area contributed by atoms with Gasteiger partial charge in [0.2, 0.25) is 0 Å². The van der Waals surface area contributed by atoms with E-state index in [0.29, 0.717) is 12.8 Å². The molecule has 0 aliphatic heterocycles. The van der Waals surface area contributed by atoms with Gasteiger partial charge in [0.05, 0.1) is 11.8 Å². The normalized spacial score (nSPS) is 14.5. The Bertz CT molecular complexity index is 546. The van der Waals surface area contributed by atoms with E-state index in [0.717, 1.165) is 17.8 Å². The number of esters is 1. The lowest BCUT2D eigenvalue weighted by Crippen LogP contribution is -2.35. The summed E-state index contributed by atoms with van der Waals surface area (Å²) in [6.07, 6.45) is 7.80. The second kappa shape index (κ2) is 9.57. The molecule has 0 radical (unpaired) electrons. The smallest absolute Gasteiger partial charge is 0.310 e. The predicted octanol–water partition coefficient (Wildman–Crippen LogP) is 4.40. The highest BCUT2D eigenvalue weighted by Gasteiger charge is 2.35. The largest absolute Gasteiger partial charge is 0.481 e. The Morgan fingerprint density at radius 3 is 2.58 bits per heavy atom. The zero-order valence-electron chi connectivity index (χ0n) is 14.8. The molecule has 1 aromatic rings. The summed E-state index contributed by atoms with van der Waals surface area (Å²) in [5.41, 5.74) is -0.637. The Kier molecular flexibility index (Phi) is 8.11. The van der Waals surface area contributed by atoms with Crippen LogP contribution in [-0.2, 0) is 14.3 Å². The Morgan fingerprint density at radius 1 is 1.38 bits per heavy atom. The topological polar surface area (TPSA) is 76.5 Å². The van der Waals surface area contributed by atoms with E-state index in [1.807, 2.05) is 24.5 Å². The van der Waals surface area contributed by atoms with Gasteiger partial charge in [-0.15, -0.1) is 11.3 Å². The standard InChI is InChI=1S/C18H27NO4S/c1-5-6-8-13(16(20)21)14(17(22)23-18(2,3)4)9-7-10-15-19-11-12-24-15/h7,10-14H,5-6,8-9H2,1-4H3,(H,20,21)/b10-7+/t13-,14?/m1/s1. The first-order valence-electron chi connectivity index (χ1n) is 8.26. The van der Waals surface area contributed by atoms with Crippen LogP contribution in [0.1, 0.15) is 58.4 Å². The van der Waals surface area contributed by atoms with Crippen molar-refractivity contribution < 1.29 is 19.4 Å². The highest BCUT2D eigenvalue weighted by atomic mass is 32.1. The van der Waals surface area contributed by atoms with Gasteiger partial charge in [-0.2, -0.15) is 0 Å². The number of ether oxygens (including phenoxy) is 1. The number of thiazole rings is 1. The van der Waals surface area contributed by atoms with Crippen LogP contribution in [0.3, 0.4) is 0 Å². The third kappa shape index (κ3) is 7.25. The molecule has 0 aliphatic rings. The summed E-state index contributed by atoms with van der Waals surface area (Å²) in [4.78, 5) is 28.3. The molecular formula is C18H27NO4S. The van der Waals surface area contributed by atoms with Gasteiger partial charge in [-0.25, -0.2) is 4.98 Å². The molecule has 0 saturated carbocycles. The van der Waals surface area contributed by atoms with E-state index < -0.39 is 29.4 Å². The third-order valence-electron chi connectivity index (χ3n) is 3.48. The number of carbonyl (C=O) groups is 2. The lowest BCUT2D eigenvalue weighted by Gasteiger charge is -2.26. The third-order valence-corrected chi connectivity index (χ3v) is 4.22. The highest BCUT2D eigenvalue weighted by molar-refractivity contribution is 7.10. The van der Waals surface area contributed by atoms with Crippen LogP contribution < -0.4 is 0 Å². The number of aliphatic carboxylic acids is 1. The molecule has 2 atom stereocenters. The molecule has 0 saturated heterocycles. The first-order valence-corrected chi connectivity index (χ1v) is 9.14. The molecule has 0 aromatic carbocycles. The van der Waals surface area contributed by atoms with Gasteiger partial charge in [-0.3, -0.25) is 9.59 Å². The van der Waals surface area contributed by atoms with Crippen LogP contribution in [0.15, 0.2) is 17.7 Å². The summed E-state index contributed by atoms with van der Waals surface area (Å²) in [6, 6.07) is 0. The average molecular weight is 353 g/mol. The summed E-state index contributed by atoms with van der Waals surface area (Å²) < 4.78 is 5.45. The van der Waals surface area contributed by atoms with Gasteiger partial charge < -0.3 is 9.84 Å². The van der Waals surface area contributed by atoms with Gasteiger partial charge in [0.15, 0.2) is 0 Å². The van der Waals surface area contributed by atoms with Gasteiger partial charge in [0, 0.05) is 11.6 Å². The monoisotopic (exact) mass is 353 g/mol. The maximum Gasteiger partial charge on any atom is 0.310 e. The van der Waals surface area contributed by atoms with E-state index in [9.17, 15) is 14.7 Å². The van der Waals surface area contributed by atoms with Gasteiger partial charge in [0.25, 0.3) is 0 Å². The Hall–Kier alpha value is -1.69. The quantitative estimate of drug-likeness (QED) is 0.666. The van der Waals surface area contributed by atoms with Crippen molar-refractivity contribution in [2.75, 3.05) is 0 Å². The van der Waals surface area contributed by atoms with Crippen LogP contribution in [0.2, 0.25) is 0 Å². The van der Waals surface area contributed by atoms with Crippen molar-refractivity contribution in [1.29, 1.82) is 0 Å². The van der Waals surface area contributed by atoms with Crippen LogP contribution in [0.5, 0.6) is 0 Å². The summed E-state index contributed by atoms with van der Waals surface area (Å²) in [5, 5.41) is 12.3. The zero-order valence-corrected chi connectivity index (χ0v) is 15.6. The maximum atomic E-state index is 12.5. The molecule has 134 valence electrons. The van der Waals surface area contributed by atoms with Crippen LogP contribution in [0.4, 0.5) is 0 Å². The molecule has 0 bridgehead atoms. The molecule has 0 spiro atoms. The number of hydrogen-bond acceptors (Lipinski definition) is 5. The summed E-state index contributed by atoms with van der Waals surface area (Å²) in [6.45, 7) is 7.36. The number of rotatable bonds is 9. The molecule has 24 heavy (non-hydrogen) atoms. The highest BCUT2D eigenvalue weighted by Crippen LogP contribution is 2.27. The molecule has 1 heterocycles. The number of carboxylic acid groups (broad SMARTS) is 1. The molecule has 0 aliphatic carbocycles. The van der Waals surface area contributed by atoms with Crippen molar-refractivity contribution in [2.45, 2.75) is 59.0 Å². The number of allylic oxidation sites excluding steroid dienone is 1. The van der Waals surface area contributed by atoms with Gasteiger partial charge >= 0.3 is 11.9 Å². The van der Waals surface area contributed by atoms with E-state index in [1.165, 1.54) is 11.3 Å². The molecule has 6 heteroatoms. The van der Waals surface area contributed by atoms with E-state index >= 15 is 0 Å². The maximum absolute atomic E-state index is 12.5. The molecule has 0 amide bonds. The number of unbranched alkanes of at least 4 members (excludes halogenated alkanes) is 1. The first-order chi connectivity index (χ1) is 11.2. The summed E-state index contributed by atoms with van der Waals surface area (Å²) in [5.74, 6) is -2.82. The van der Waals surface area contributed by atoms with Crippen molar-refractivity contribution in [3.63, 3.8) is 0 Å². The molecule has 5 nitrogen and oxygen atoms in total. The van der Waals surface area contributed by atoms with Crippen molar-refractivity contribution >= 4 is 29.4 Å². The zero-order chi connectivity index (χ0) is 18.2. The number of aromatic nitrogens is 1. The fourth-order valence-corrected chi connectivity index (χ4v) is 2.91. The molecule has 0 fully saturated rings.